The van der Waals surface area contributed by atoms with Crippen molar-refractivity contribution in [2.75, 3.05) is 20.3 Å². The highest BCUT2D eigenvalue weighted by Crippen LogP contribution is 2.37. The maximum Gasteiger partial charge on any atom is 0.132 e. The van der Waals surface area contributed by atoms with Gasteiger partial charge >= 0.3 is 0 Å². The van der Waals surface area contributed by atoms with Gasteiger partial charge in [-0.15, -0.1) is 0 Å². The van der Waals surface area contributed by atoms with Gasteiger partial charge in [0, 0.05) is 12.1 Å². The van der Waals surface area contributed by atoms with Crippen LogP contribution in [0.5, 0.6) is 5.75 Å². The van der Waals surface area contributed by atoms with Crippen LogP contribution in [0.1, 0.15) is 37.4 Å². The number of morpholine rings is 1. The van der Waals surface area contributed by atoms with E-state index in [1.165, 1.54) is 18.9 Å². The quantitative estimate of drug-likeness (QED) is 0.892. The lowest BCUT2D eigenvalue weighted by Crippen LogP contribution is -2.53. The predicted octanol–water partition coefficient (Wildman–Crippen LogP) is 2.81. The molecule has 4 heteroatoms. The average molecular weight is 265 g/mol. The smallest absolute Gasteiger partial charge is 0.132 e. The molecule has 1 atom stereocenters. The average Bonchev–Trinajstić information content (AvgIpc) is 2.88. The molecule has 0 radical (unpaired) electrons. The molecule has 1 aliphatic carbocycles. The van der Waals surface area contributed by atoms with Gasteiger partial charge in [-0.1, -0.05) is 18.9 Å². The maximum absolute atomic E-state index is 14.0. The molecule has 104 valence electrons. The summed E-state index contributed by atoms with van der Waals surface area (Å²) in [6.45, 7) is 1.31. The van der Waals surface area contributed by atoms with E-state index in [4.69, 9.17) is 9.47 Å². The van der Waals surface area contributed by atoms with Crippen LogP contribution in [0.2, 0.25) is 0 Å². The first kappa shape index (κ1) is 12.9. The Hall–Kier alpha value is -1.13. The molecule has 1 spiro atoms. The van der Waals surface area contributed by atoms with Gasteiger partial charge in [-0.25, -0.2) is 4.39 Å². The standard InChI is InChI=1S/C15H20FNO2/c1-18-12-6-4-5-11(16)14(12)13-9-17-15(10-19-13)7-2-3-8-15/h4-6,13,17H,2-3,7-10H2,1H3. The number of methoxy groups -OCH3 is 1. The van der Waals surface area contributed by atoms with Crippen molar-refractivity contribution in [2.24, 2.45) is 0 Å². The van der Waals surface area contributed by atoms with Crippen LogP contribution in [0, 0.1) is 5.82 Å². The number of ether oxygens (including phenoxy) is 2. The normalized spacial score (nSPS) is 25.7. The fourth-order valence-corrected chi connectivity index (χ4v) is 3.25. The van der Waals surface area contributed by atoms with Gasteiger partial charge in [0.2, 0.25) is 0 Å². The van der Waals surface area contributed by atoms with Crippen LogP contribution in [-0.4, -0.2) is 25.8 Å². The number of hydrogen-bond donors (Lipinski definition) is 1. The molecule has 1 unspecified atom stereocenters. The first-order valence-corrected chi connectivity index (χ1v) is 6.93. The maximum atomic E-state index is 14.0. The van der Waals surface area contributed by atoms with Crippen LogP contribution in [0.25, 0.3) is 0 Å². The summed E-state index contributed by atoms with van der Waals surface area (Å²) in [4.78, 5) is 0. The monoisotopic (exact) mass is 265 g/mol. The largest absolute Gasteiger partial charge is 0.496 e. The Bertz CT molecular complexity index is 447. The van der Waals surface area contributed by atoms with Crippen LogP contribution < -0.4 is 10.1 Å². The minimum atomic E-state index is -0.262. The highest BCUT2D eigenvalue weighted by atomic mass is 19.1. The Morgan fingerprint density at radius 3 is 2.79 bits per heavy atom. The van der Waals surface area contributed by atoms with Gasteiger partial charge in [0.1, 0.15) is 17.7 Å². The SMILES string of the molecule is COc1cccc(F)c1C1CNC2(CCCC2)CO1. The fourth-order valence-electron chi connectivity index (χ4n) is 3.25. The Labute approximate surface area is 113 Å². The lowest BCUT2D eigenvalue weighted by molar-refractivity contribution is -0.0350. The Morgan fingerprint density at radius 2 is 2.16 bits per heavy atom. The second kappa shape index (κ2) is 5.10. The predicted molar refractivity (Wildman–Crippen MR) is 70.8 cm³/mol. The Morgan fingerprint density at radius 1 is 1.37 bits per heavy atom. The van der Waals surface area contributed by atoms with E-state index in [1.54, 1.807) is 19.2 Å². The molecular formula is C15H20FNO2. The van der Waals surface area contributed by atoms with E-state index in [0.29, 0.717) is 24.5 Å². The third kappa shape index (κ3) is 2.35. The van der Waals surface area contributed by atoms with Crippen molar-refractivity contribution >= 4 is 0 Å². The third-order valence-electron chi connectivity index (χ3n) is 4.34. The fraction of sp³-hybridized carbons (Fsp3) is 0.600. The first-order chi connectivity index (χ1) is 9.24. The van der Waals surface area contributed by atoms with Crippen LogP contribution in [0.4, 0.5) is 4.39 Å². The van der Waals surface area contributed by atoms with Crippen LogP contribution in [0.3, 0.4) is 0 Å². The molecule has 1 N–H and O–H groups in total. The van der Waals surface area contributed by atoms with Crippen molar-refractivity contribution in [1.82, 2.24) is 5.32 Å². The summed E-state index contributed by atoms with van der Waals surface area (Å²) in [5, 5.41) is 3.57. The lowest BCUT2D eigenvalue weighted by Gasteiger charge is -2.39. The van der Waals surface area contributed by atoms with E-state index in [0.717, 1.165) is 12.8 Å². The van der Waals surface area contributed by atoms with E-state index in [-0.39, 0.29) is 17.5 Å². The molecular weight excluding hydrogens is 245 g/mol. The summed E-state index contributed by atoms with van der Waals surface area (Å²) in [6.07, 6.45) is 4.57. The van der Waals surface area contributed by atoms with E-state index in [1.807, 2.05) is 0 Å². The van der Waals surface area contributed by atoms with Crippen molar-refractivity contribution in [1.29, 1.82) is 0 Å². The summed E-state index contributed by atoms with van der Waals surface area (Å²) in [6, 6.07) is 4.90. The molecule has 1 heterocycles. The topological polar surface area (TPSA) is 30.5 Å². The molecule has 2 aliphatic rings. The van der Waals surface area contributed by atoms with Crippen LogP contribution in [0.15, 0.2) is 18.2 Å². The molecule has 1 aromatic carbocycles. The van der Waals surface area contributed by atoms with Gasteiger partial charge in [-0.3, -0.25) is 0 Å². The zero-order chi connectivity index (χ0) is 13.3. The summed E-state index contributed by atoms with van der Waals surface area (Å²) < 4.78 is 25.2. The molecule has 0 aromatic heterocycles. The van der Waals surface area contributed by atoms with Crippen LogP contribution in [-0.2, 0) is 4.74 Å². The van der Waals surface area contributed by atoms with Crippen molar-refractivity contribution in [2.45, 2.75) is 37.3 Å². The number of halogens is 1. The lowest BCUT2D eigenvalue weighted by atomic mass is 9.95. The molecule has 3 rings (SSSR count). The second-order valence-corrected chi connectivity index (χ2v) is 5.52. The second-order valence-electron chi connectivity index (χ2n) is 5.52. The molecule has 1 aliphatic heterocycles. The van der Waals surface area contributed by atoms with Gasteiger partial charge in [0.05, 0.1) is 19.3 Å². The molecule has 1 saturated heterocycles. The zero-order valence-corrected chi connectivity index (χ0v) is 11.2. The van der Waals surface area contributed by atoms with E-state index >= 15 is 0 Å². The number of nitrogens with one attached hydrogen (secondary N) is 1. The minimum absolute atomic E-state index is 0.134. The Kier molecular flexibility index (Phi) is 3.46. The van der Waals surface area contributed by atoms with E-state index in [2.05, 4.69) is 5.32 Å². The zero-order valence-electron chi connectivity index (χ0n) is 11.2. The first-order valence-electron chi connectivity index (χ1n) is 6.93. The van der Waals surface area contributed by atoms with E-state index < -0.39 is 0 Å². The molecule has 1 aromatic rings. The van der Waals surface area contributed by atoms with Gasteiger partial charge in [0.15, 0.2) is 0 Å². The molecule has 3 nitrogen and oxygen atoms in total. The van der Waals surface area contributed by atoms with Crippen molar-refractivity contribution in [3.8, 4) is 5.75 Å². The number of hydrogen-bond acceptors (Lipinski definition) is 3. The molecule has 19 heavy (non-hydrogen) atoms. The summed E-state index contributed by atoms with van der Waals surface area (Å²) in [5.74, 6) is 0.308. The highest BCUT2D eigenvalue weighted by molar-refractivity contribution is 5.37. The molecule has 1 saturated carbocycles. The van der Waals surface area contributed by atoms with Crippen molar-refractivity contribution in [3.63, 3.8) is 0 Å². The third-order valence-corrected chi connectivity index (χ3v) is 4.34. The molecule has 0 bridgehead atoms. The number of rotatable bonds is 2. The minimum Gasteiger partial charge on any atom is -0.496 e. The highest BCUT2D eigenvalue weighted by Gasteiger charge is 2.39. The van der Waals surface area contributed by atoms with Gasteiger partial charge in [0.25, 0.3) is 0 Å². The van der Waals surface area contributed by atoms with Crippen molar-refractivity contribution in [3.05, 3.63) is 29.6 Å². The van der Waals surface area contributed by atoms with Crippen molar-refractivity contribution < 1.29 is 13.9 Å². The number of benzene rings is 1. The Balaban J connectivity index is 1.78. The molecule has 0 amide bonds. The van der Waals surface area contributed by atoms with Crippen LogP contribution >= 0.6 is 0 Å². The van der Waals surface area contributed by atoms with Gasteiger partial charge in [-0.05, 0) is 25.0 Å². The van der Waals surface area contributed by atoms with Gasteiger partial charge < -0.3 is 14.8 Å². The summed E-state index contributed by atoms with van der Waals surface area (Å²) in [5.41, 5.74) is 0.667. The van der Waals surface area contributed by atoms with E-state index in [9.17, 15) is 4.39 Å². The summed E-state index contributed by atoms with van der Waals surface area (Å²) in [7, 11) is 1.56. The van der Waals surface area contributed by atoms with Gasteiger partial charge in [-0.2, -0.15) is 0 Å². The molecule has 2 fully saturated rings. The summed E-state index contributed by atoms with van der Waals surface area (Å²) >= 11 is 0.